The Balaban J connectivity index is 2.33. The number of carbonyl (C=O) groups is 1. The van der Waals surface area contributed by atoms with Crippen molar-refractivity contribution in [3.8, 4) is 0 Å². The highest BCUT2D eigenvalue weighted by Gasteiger charge is 2.37. The molecule has 0 aliphatic carbocycles. The highest BCUT2D eigenvalue weighted by Crippen LogP contribution is 2.33. The molecular formula is C16H21F3N2OS. The number of halogens is 3. The van der Waals surface area contributed by atoms with Crippen molar-refractivity contribution in [3.05, 3.63) is 35.4 Å². The van der Waals surface area contributed by atoms with Gasteiger partial charge in [0.1, 0.15) is 0 Å². The first kappa shape index (κ1) is 18.1. The maximum Gasteiger partial charge on any atom is 0.417 e. The van der Waals surface area contributed by atoms with Gasteiger partial charge in [0.05, 0.1) is 17.2 Å². The lowest BCUT2D eigenvalue weighted by Gasteiger charge is -2.32. The van der Waals surface area contributed by atoms with Gasteiger partial charge in [-0.05, 0) is 38.4 Å². The summed E-state index contributed by atoms with van der Waals surface area (Å²) in [6, 6.07) is 4.97. The van der Waals surface area contributed by atoms with E-state index in [4.69, 9.17) is 0 Å². The maximum absolute atomic E-state index is 13.2. The van der Waals surface area contributed by atoms with Gasteiger partial charge in [-0.2, -0.15) is 24.9 Å². The monoisotopic (exact) mass is 346 g/mol. The van der Waals surface area contributed by atoms with Gasteiger partial charge in [0.15, 0.2) is 0 Å². The van der Waals surface area contributed by atoms with Gasteiger partial charge in [0.2, 0.25) is 0 Å². The van der Waals surface area contributed by atoms with E-state index >= 15 is 0 Å². The molecule has 1 heterocycles. The summed E-state index contributed by atoms with van der Waals surface area (Å²) in [4.78, 5) is 16.4. The van der Waals surface area contributed by atoms with Gasteiger partial charge in [-0.3, -0.25) is 4.79 Å². The van der Waals surface area contributed by atoms with Crippen molar-refractivity contribution in [2.24, 2.45) is 0 Å². The first-order valence-electron chi connectivity index (χ1n) is 7.50. The second-order valence-corrected chi connectivity index (χ2v) is 7.04. The van der Waals surface area contributed by atoms with Crippen molar-refractivity contribution in [1.82, 2.24) is 9.80 Å². The summed E-state index contributed by atoms with van der Waals surface area (Å²) in [6.45, 7) is 1.14. The van der Waals surface area contributed by atoms with Crippen LogP contribution >= 0.6 is 11.8 Å². The molecule has 1 aromatic carbocycles. The van der Waals surface area contributed by atoms with Crippen LogP contribution in [-0.4, -0.2) is 60.4 Å². The third kappa shape index (κ3) is 4.64. The molecule has 128 valence electrons. The molecule has 1 aromatic rings. The van der Waals surface area contributed by atoms with Crippen molar-refractivity contribution in [2.75, 3.05) is 38.7 Å². The Labute approximate surface area is 138 Å². The van der Waals surface area contributed by atoms with Crippen LogP contribution in [0, 0.1) is 0 Å². The number of alkyl halides is 3. The summed E-state index contributed by atoms with van der Waals surface area (Å²) in [7, 11) is 3.81. The lowest BCUT2D eigenvalue weighted by atomic mass is 10.0. The number of rotatable bonds is 3. The van der Waals surface area contributed by atoms with E-state index in [9.17, 15) is 18.0 Å². The van der Waals surface area contributed by atoms with Crippen molar-refractivity contribution in [2.45, 2.75) is 18.6 Å². The Morgan fingerprint density at radius 3 is 2.70 bits per heavy atom. The minimum Gasteiger partial charge on any atom is -0.334 e. The Hall–Kier alpha value is -1.21. The summed E-state index contributed by atoms with van der Waals surface area (Å²) >= 11 is 1.75. The van der Waals surface area contributed by atoms with Crippen LogP contribution in [0.15, 0.2) is 24.3 Å². The second kappa shape index (κ2) is 7.57. The number of benzene rings is 1. The van der Waals surface area contributed by atoms with Gasteiger partial charge >= 0.3 is 6.18 Å². The molecule has 0 bridgehead atoms. The summed E-state index contributed by atoms with van der Waals surface area (Å²) in [5.41, 5.74) is -1.11. The van der Waals surface area contributed by atoms with E-state index in [0.29, 0.717) is 13.1 Å². The van der Waals surface area contributed by atoms with Crippen molar-refractivity contribution in [1.29, 1.82) is 0 Å². The molecule has 1 saturated heterocycles. The van der Waals surface area contributed by atoms with Crippen LogP contribution in [0.25, 0.3) is 0 Å². The molecule has 1 amide bonds. The van der Waals surface area contributed by atoms with Crippen LogP contribution in [0.2, 0.25) is 0 Å². The van der Waals surface area contributed by atoms with Crippen LogP contribution in [-0.2, 0) is 6.18 Å². The van der Waals surface area contributed by atoms with Crippen LogP contribution < -0.4 is 0 Å². The highest BCUT2D eigenvalue weighted by molar-refractivity contribution is 7.99. The summed E-state index contributed by atoms with van der Waals surface area (Å²) in [6.07, 6.45) is -3.72. The molecular weight excluding hydrogens is 325 g/mol. The van der Waals surface area contributed by atoms with Gasteiger partial charge in [0, 0.05) is 18.8 Å². The number of carbonyl (C=O) groups excluding carboxylic acids is 1. The van der Waals surface area contributed by atoms with Gasteiger partial charge in [-0.15, -0.1) is 0 Å². The third-order valence-corrected chi connectivity index (χ3v) is 4.94. The number of nitrogens with zero attached hydrogens (tertiary/aromatic N) is 2. The maximum atomic E-state index is 13.2. The van der Waals surface area contributed by atoms with Crippen LogP contribution in [0.3, 0.4) is 0 Å². The van der Waals surface area contributed by atoms with Crippen molar-refractivity contribution >= 4 is 17.7 Å². The SMILES string of the molecule is CN(C)CC1CSCCCN1C(=O)c1ccccc1C(F)(F)F. The molecule has 0 saturated carbocycles. The van der Waals surface area contributed by atoms with E-state index in [1.165, 1.54) is 18.2 Å². The van der Waals surface area contributed by atoms with E-state index in [1.54, 1.807) is 16.7 Å². The Morgan fingerprint density at radius 1 is 1.35 bits per heavy atom. The average molecular weight is 346 g/mol. The molecule has 1 aliphatic heterocycles. The number of hydrogen-bond donors (Lipinski definition) is 0. The van der Waals surface area contributed by atoms with E-state index < -0.39 is 17.6 Å². The molecule has 7 heteroatoms. The van der Waals surface area contributed by atoms with Crippen molar-refractivity contribution in [3.63, 3.8) is 0 Å². The predicted molar refractivity (Wildman–Crippen MR) is 86.8 cm³/mol. The van der Waals surface area contributed by atoms with E-state index in [-0.39, 0.29) is 11.6 Å². The average Bonchev–Trinajstić information content (AvgIpc) is 2.70. The van der Waals surface area contributed by atoms with Crippen LogP contribution in [0.1, 0.15) is 22.3 Å². The first-order chi connectivity index (χ1) is 10.8. The summed E-state index contributed by atoms with van der Waals surface area (Å²) in [5, 5.41) is 0. The molecule has 0 N–H and O–H groups in total. The fourth-order valence-electron chi connectivity index (χ4n) is 2.74. The molecule has 0 spiro atoms. The molecule has 23 heavy (non-hydrogen) atoms. The van der Waals surface area contributed by atoms with Gasteiger partial charge in [-0.1, -0.05) is 12.1 Å². The fraction of sp³-hybridized carbons (Fsp3) is 0.562. The number of amides is 1. The first-order valence-corrected chi connectivity index (χ1v) is 8.66. The Kier molecular flexibility index (Phi) is 5.97. The minimum absolute atomic E-state index is 0.0775. The topological polar surface area (TPSA) is 23.6 Å². The van der Waals surface area contributed by atoms with Crippen LogP contribution in [0.4, 0.5) is 13.2 Å². The largest absolute Gasteiger partial charge is 0.417 e. The second-order valence-electron chi connectivity index (χ2n) is 5.89. The standard InChI is InChI=1S/C16H21F3N2OS/c1-20(2)10-12-11-23-9-5-8-21(12)15(22)13-6-3-4-7-14(13)16(17,18)19/h3-4,6-7,12H,5,8-11H2,1-2H3. The zero-order chi connectivity index (χ0) is 17.0. The zero-order valence-electron chi connectivity index (χ0n) is 13.3. The number of hydrogen-bond acceptors (Lipinski definition) is 3. The Morgan fingerprint density at radius 2 is 2.04 bits per heavy atom. The van der Waals surface area contributed by atoms with Crippen LogP contribution in [0.5, 0.6) is 0 Å². The third-order valence-electron chi connectivity index (χ3n) is 3.74. The molecule has 3 nitrogen and oxygen atoms in total. The molecule has 0 aromatic heterocycles. The highest BCUT2D eigenvalue weighted by atomic mass is 32.2. The van der Waals surface area contributed by atoms with E-state index in [2.05, 4.69) is 0 Å². The van der Waals surface area contributed by atoms with Gasteiger partial charge in [0.25, 0.3) is 5.91 Å². The van der Waals surface area contributed by atoms with E-state index in [0.717, 1.165) is 24.0 Å². The molecule has 2 rings (SSSR count). The molecule has 1 unspecified atom stereocenters. The van der Waals surface area contributed by atoms with Gasteiger partial charge in [-0.25, -0.2) is 0 Å². The summed E-state index contributed by atoms with van der Waals surface area (Å²) in [5.74, 6) is 1.15. The molecule has 1 aliphatic rings. The molecule has 1 atom stereocenters. The summed E-state index contributed by atoms with van der Waals surface area (Å²) < 4.78 is 39.5. The molecule has 1 fully saturated rings. The number of likely N-dealkylation sites (N-methyl/N-ethyl adjacent to an activating group) is 1. The zero-order valence-corrected chi connectivity index (χ0v) is 14.1. The number of thioether (sulfide) groups is 1. The predicted octanol–water partition coefficient (Wildman–Crippen LogP) is 3.21. The lowest BCUT2D eigenvalue weighted by molar-refractivity contribution is -0.138. The Bertz CT molecular complexity index is 548. The normalized spacial score (nSPS) is 19.7. The minimum atomic E-state index is -4.52. The lowest BCUT2D eigenvalue weighted by Crippen LogP contribution is -2.47. The fourth-order valence-corrected chi connectivity index (χ4v) is 3.80. The quantitative estimate of drug-likeness (QED) is 0.840. The molecule has 0 radical (unpaired) electrons. The van der Waals surface area contributed by atoms with E-state index in [1.807, 2.05) is 19.0 Å². The van der Waals surface area contributed by atoms with Gasteiger partial charge < -0.3 is 9.80 Å². The van der Waals surface area contributed by atoms with Crippen molar-refractivity contribution < 1.29 is 18.0 Å². The smallest absolute Gasteiger partial charge is 0.334 e.